The minimum atomic E-state index is -4.56. The van der Waals surface area contributed by atoms with Crippen molar-refractivity contribution in [2.75, 3.05) is 25.0 Å². The Balaban J connectivity index is 1.88. The first kappa shape index (κ1) is 23.6. The Morgan fingerprint density at radius 1 is 1.13 bits per heavy atom. The van der Waals surface area contributed by atoms with Gasteiger partial charge in [0.05, 0.1) is 10.6 Å². The van der Waals surface area contributed by atoms with Crippen LogP contribution in [0.1, 0.15) is 44.9 Å². The zero-order chi connectivity index (χ0) is 22.5. The highest BCUT2D eigenvalue weighted by molar-refractivity contribution is 7.89. The molecule has 0 radical (unpaired) electrons. The van der Waals surface area contributed by atoms with Crippen LogP contribution in [-0.4, -0.2) is 44.5 Å². The molecule has 0 saturated carbocycles. The third-order valence-electron chi connectivity index (χ3n) is 5.44. The van der Waals surface area contributed by atoms with Crippen molar-refractivity contribution in [1.82, 2.24) is 4.31 Å². The van der Waals surface area contributed by atoms with Gasteiger partial charge in [-0.05, 0) is 50.3 Å². The zero-order valence-electron chi connectivity index (χ0n) is 17.2. The summed E-state index contributed by atoms with van der Waals surface area (Å²) in [5, 5.41) is 2.60. The van der Waals surface area contributed by atoms with Gasteiger partial charge in [0.25, 0.3) is 0 Å². The molecule has 0 bridgehead atoms. The fourth-order valence-corrected chi connectivity index (χ4v) is 5.29. The van der Waals surface area contributed by atoms with Crippen molar-refractivity contribution in [3.05, 3.63) is 30.4 Å². The van der Waals surface area contributed by atoms with Gasteiger partial charge in [0.1, 0.15) is 5.75 Å². The van der Waals surface area contributed by atoms with Gasteiger partial charge in [0.15, 0.2) is 6.61 Å². The van der Waals surface area contributed by atoms with Crippen LogP contribution in [0.15, 0.2) is 35.2 Å². The van der Waals surface area contributed by atoms with Crippen molar-refractivity contribution >= 4 is 21.6 Å². The van der Waals surface area contributed by atoms with Gasteiger partial charge in [-0.3, -0.25) is 4.79 Å². The number of nitrogens with zero attached hydrogens (tertiary/aromatic N) is 1. The first-order valence-electron chi connectivity index (χ1n) is 10.5. The van der Waals surface area contributed by atoms with Crippen molar-refractivity contribution < 1.29 is 31.1 Å². The average Bonchev–Trinajstić information content (AvgIpc) is 3.03. The lowest BCUT2D eigenvalue weighted by molar-refractivity contribution is -0.153. The summed E-state index contributed by atoms with van der Waals surface area (Å²) in [7, 11) is -3.84. The number of benzene rings is 1. The molecule has 0 aromatic heterocycles. The lowest BCUT2D eigenvalue weighted by Crippen LogP contribution is -2.32. The van der Waals surface area contributed by atoms with Gasteiger partial charge in [-0.2, -0.15) is 17.5 Å². The van der Waals surface area contributed by atoms with Gasteiger partial charge in [-0.15, -0.1) is 0 Å². The monoisotopic (exact) mass is 460 g/mol. The van der Waals surface area contributed by atoms with Crippen LogP contribution in [0.4, 0.5) is 18.9 Å². The van der Waals surface area contributed by atoms with Crippen LogP contribution in [0.25, 0.3) is 0 Å². The Morgan fingerprint density at radius 2 is 1.84 bits per heavy atom. The summed E-state index contributed by atoms with van der Waals surface area (Å²) in [6, 6.07) is 3.60. The molecule has 1 unspecified atom stereocenters. The molecule has 3 rings (SSSR count). The van der Waals surface area contributed by atoms with Crippen LogP contribution in [0, 0.1) is 5.92 Å². The maximum absolute atomic E-state index is 13.1. The Bertz CT molecular complexity index is 908. The van der Waals surface area contributed by atoms with Gasteiger partial charge in [-0.1, -0.05) is 25.0 Å². The maximum Gasteiger partial charge on any atom is 0.422 e. The number of halogens is 3. The Kier molecular flexibility index (Phi) is 7.64. The van der Waals surface area contributed by atoms with E-state index >= 15 is 0 Å². The normalized spacial score (nSPS) is 20.8. The third-order valence-corrected chi connectivity index (χ3v) is 7.34. The van der Waals surface area contributed by atoms with Crippen LogP contribution < -0.4 is 10.1 Å². The molecule has 2 aliphatic rings. The Labute approximate surface area is 180 Å². The largest absolute Gasteiger partial charge is 0.482 e. The van der Waals surface area contributed by atoms with Crippen molar-refractivity contribution in [1.29, 1.82) is 0 Å². The topological polar surface area (TPSA) is 75.7 Å². The standard InChI is InChI=1S/C21H27F3N2O4S/c22-21(23,24)15-30-19-11-10-17(31(28,29)26-12-6-1-2-7-13-26)14-18(19)25-20(27)16-8-4-3-5-9-16/h3-4,10-11,14,16H,1-2,5-9,12-13,15H2,(H,25,27). The predicted molar refractivity (Wildman–Crippen MR) is 110 cm³/mol. The highest BCUT2D eigenvalue weighted by Gasteiger charge is 2.31. The second-order valence-electron chi connectivity index (χ2n) is 7.85. The van der Waals surface area contributed by atoms with E-state index in [4.69, 9.17) is 4.74 Å². The number of carbonyl (C=O) groups excluding carboxylic acids is 1. The van der Waals surface area contributed by atoms with E-state index in [1.165, 1.54) is 22.5 Å². The number of carbonyl (C=O) groups is 1. The van der Waals surface area contributed by atoms with Crippen LogP contribution >= 0.6 is 0 Å². The second kappa shape index (κ2) is 10.0. The summed E-state index contributed by atoms with van der Waals surface area (Å²) in [5.41, 5.74) is -0.0697. The number of rotatable bonds is 6. The summed E-state index contributed by atoms with van der Waals surface area (Å²) in [4.78, 5) is 12.6. The first-order valence-corrected chi connectivity index (χ1v) is 11.9. The molecule has 1 fully saturated rings. The molecular weight excluding hydrogens is 433 g/mol. The second-order valence-corrected chi connectivity index (χ2v) is 9.79. The molecule has 31 heavy (non-hydrogen) atoms. The maximum atomic E-state index is 13.1. The third kappa shape index (κ3) is 6.46. The molecule has 1 atom stereocenters. The van der Waals surface area contributed by atoms with Gasteiger partial charge in [0.2, 0.25) is 15.9 Å². The van der Waals surface area contributed by atoms with Gasteiger partial charge < -0.3 is 10.1 Å². The fourth-order valence-electron chi connectivity index (χ4n) is 3.75. The lowest BCUT2D eigenvalue weighted by atomic mass is 9.93. The van der Waals surface area contributed by atoms with Crippen LogP contribution in [0.2, 0.25) is 0 Å². The lowest BCUT2D eigenvalue weighted by Gasteiger charge is -2.22. The smallest absolute Gasteiger partial charge is 0.422 e. The van der Waals surface area contributed by atoms with Crippen molar-refractivity contribution in [2.45, 2.75) is 56.0 Å². The minimum absolute atomic E-state index is 0.0697. The molecule has 1 aliphatic heterocycles. The molecule has 0 spiro atoms. The number of alkyl halides is 3. The molecule has 10 heteroatoms. The van der Waals surface area contributed by atoms with Gasteiger partial charge in [0, 0.05) is 19.0 Å². The van der Waals surface area contributed by atoms with Crippen molar-refractivity contribution in [2.24, 2.45) is 5.92 Å². The van der Waals surface area contributed by atoms with Crippen LogP contribution in [0.5, 0.6) is 5.75 Å². The molecule has 1 aromatic rings. The molecule has 6 nitrogen and oxygen atoms in total. The molecule has 1 saturated heterocycles. The van der Waals surface area contributed by atoms with Gasteiger partial charge >= 0.3 is 6.18 Å². The van der Waals surface area contributed by atoms with E-state index in [1.807, 2.05) is 12.2 Å². The van der Waals surface area contributed by atoms with E-state index in [0.717, 1.165) is 32.1 Å². The van der Waals surface area contributed by atoms with Crippen LogP contribution in [0.3, 0.4) is 0 Å². The molecule has 1 heterocycles. The summed E-state index contributed by atoms with van der Waals surface area (Å²) in [6.45, 7) is -0.754. The quantitative estimate of drug-likeness (QED) is 0.635. The fraction of sp³-hybridized carbons (Fsp3) is 0.571. The average molecular weight is 461 g/mol. The minimum Gasteiger partial charge on any atom is -0.482 e. The highest BCUT2D eigenvalue weighted by atomic mass is 32.2. The summed E-state index contributed by atoms with van der Waals surface area (Å²) in [5.74, 6) is -0.913. The van der Waals surface area contributed by atoms with E-state index < -0.39 is 22.8 Å². The summed E-state index contributed by atoms with van der Waals surface area (Å²) >= 11 is 0. The number of amides is 1. The zero-order valence-corrected chi connectivity index (χ0v) is 18.0. The van der Waals surface area contributed by atoms with E-state index in [0.29, 0.717) is 25.9 Å². The van der Waals surface area contributed by atoms with Crippen molar-refractivity contribution in [3.63, 3.8) is 0 Å². The highest BCUT2D eigenvalue weighted by Crippen LogP contribution is 2.32. The molecule has 172 valence electrons. The number of hydrogen-bond acceptors (Lipinski definition) is 4. The summed E-state index contributed by atoms with van der Waals surface area (Å²) < 4.78 is 70.4. The molecule has 1 N–H and O–H groups in total. The number of sulfonamides is 1. The first-order chi connectivity index (χ1) is 14.7. The van der Waals surface area contributed by atoms with Gasteiger partial charge in [-0.25, -0.2) is 8.42 Å². The number of nitrogens with one attached hydrogen (secondary N) is 1. The van der Waals surface area contributed by atoms with E-state index in [9.17, 15) is 26.4 Å². The molecule has 1 aliphatic carbocycles. The summed E-state index contributed by atoms with van der Waals surface area (Å²) in [6.07, 6.45) is 4.58. The van der Waals surface area contributed by atoms with E-state index in [1.54, 1.807) is 0 Å². The number of anilines is 1. The van der Waals surface area contributed by atoms with E-state index in [2.05, 4.69) is 5.32 Å². The SMILES string of the molecule is O=C(Nc1cc(S(=O)(=O)N2CCCCCC2)ccc1OCC(F)(F)F)C1CC=CCC1. The number of hydrogen-bond donors (Lipinski definition) is 1. The van der Waals surface area contributed by atoms with E-state index in [-0.39, 0.29) is 28.2 Å². The molecule has 1 amide bonds. The predicted octanol–water partition coefficient (Wildman–Crippen LogP) is 4.49. The Morgan fingerprint density at radius 3 is 2.45 bits per heavy atom. The Hall–Kier alpha value is -2.07. The van der Waals surface area contributed by atoms with Crippen LogP contribution in [-0.2, 0) is 14.8 Å². The number of ether oxygens (including phenoxy) is 1. The van der Waals surface area contributed by atoms with Crippen molar-refractivity contribution in [3.8, 4) is 5.75 Å². The number of allylic oxidation sites excluding steroid dienone is 2. The molecular formula is C21H27F3N2O4S. The molecule has 1 aromatic carbocycles.